The molecule has 2 aliphatic heterocycles. The molecule has 3 heterocycles. The molecule has 2 aliphatic rings. The highest BCUT2D eigenvalue weighted by Gasteiger charge is 2.32. The summed E-state index contributed by atoms with van der Waals surface area (Å²) >= 11 is 0. The third kappa shape index (κ3) is 2.20. The van der Waals surface area contributed by atoms with Crippen LogP contribution in [-0.2, 0) is 11.2 Å². The molecule has 0 spiro atoms. The Morgan fingerprint density at radius 2 is 2.23 bits per heavy atom. The fraction of sp³-hybridized carbons (Fsp3) is 0.333. The average molecular weight is 293 g/mol. The molecular weight excluding hydrogens is 274 g/mol. The molecule has 1 saturated heterocycles. The van der Waals surface area contributed by atoms with Crippen molar-refractivity contribution >= 4 is 11.6 Å². The van der Waals surface area contributed by atoms with Gasteiger partial charge in [0.2, 0.25) is 5.91 Å². The van der Waals surface area contributed by atoms with Gasteiger partial charge in [-0.1, -0.05) is 18.2 Å². The summed E-state index contributed by atoms with van der Waals surface area (Å²) in [7, 11) is 0. The fourth-order valence-corrected chi connectivity index (χ4v) is 3.54. The van der Waals surface area contributed by atoms with Crippen LogP contribution in [0.5, 0.6) is 0 Å². The molecule has 0 aliphatic carbocycles. The quantitative estimate of drug-likeness (QED) is 0.924. The first-order valence-corrected chi connectivity index (χ1v) is 7.91. The number of nitrogens with zero attached hydrogens (tertiary/aromatic N) is 2. The van der Waals surface area contributed by atoms with Gasteiger partial charge in [-0.3, -0.25) is 9.78 Å². The average Bonchev–Trinajstić information content (AvgIpc) is 3.24. The molecule has 4 rings (SSSR count). The predicted molar refractivity (Wildman–Crippen MR) is 86.8 cm³/mol. The summed E-state index contributed by atoms with van der Waals surface area (Å²) in [5.74, 6) is 0.222. The lowest BCUT2D eigenvalue weighted by atomic mass is 9.99. The van der Waals surface area contributed by atoms with Crippen LogP contribution in [0.15, 0.2) is 42.7 Å². The molecule has 22 heavy (non-hydrogen) atoms. The van der Waals surface area contributed by atoms with Gasteiger partial charge in [-0.15, -0.1) is 0 Å². The first-order chi connectivity index (χ1) is 10.8. The number of fused-ring (bicyclic) bond motifs is 1. The molecule has 1 aromatic heterocycles. The van der Waals surface area contributed by atoms with Gasteiger partial charge in [0.1, 0.15) is 0 Å². The van der Waals surface area contributed by atoms with Gasteiger partial charge in [-0.05, 0) is 49.1 Å². The Labute approximate surface area is 130 Å². The lowest BCUT2D eigenvalue weighted by Gasteiger charge is -2.21. The van der Waals surface area contributed by atoms with Crippen molar-refractivity contribution in [2.75, 3.05) is 18.0 Å². The molecule has 4 nitrogen and oxygen atoms in total. The summed E-state index contributed by atoms with van der Waals surface area (Å²) in [5.41, 5.74) is 4.65. The summed E-state index contributed by atoms with van der Waals surface area (Å²) in [6.45, 7) is 1.73. The van der Waals surface area contributed by atoms with Gasteiger partial charge in [0.05, 0.1) is 6.04 Å². The SMILES string of the molecule is O=C(C1CCCN1)N1CCc2c(-c3cccnc3)cccc21. The van der Waals surface area contributed by atoms with Crippen molar-refractivity contribution in [3.8, 4) is 11.1 Å². The highest BCUT2D eigenvalue weighted by Crippen LogP contribution is 2.36. The molecule has 1 amide bonds. The topological polar surface area (TPSA) is 45.2 Å². The minimum Gasteiger partial charge on any atom is -0.310 e. The Hall–Kier alpha value is -2.20. The highest BCUT2D eigenvalue weighted by molar-refractivity contribution is 6.00. The number of pyridine rings is 1. The maximum Gasteiger partial charge on any atom is 0.244 e. The van der Waals surface area contributed by atoms with Crippen molar-refractivity contribution in [3.05, 3.63) is 48.3 Å². The van der Waals surface area contributed by atoms with Crippen LogP contribution in [-0.4, -0.2) is 30.0 Å². The van der Waals surface area contributed by atoms with Crippen molar-refractivity contribution in [2.24, 2.45) is 0 Å². The number of benzene rings is 1. The largest absolute Gasteiger partial charge is 0.310 e. The van der Waals surface area contributed by atoms with E-state index in [9.17, 15) is 4.79 Å². The van der Waals surface area contributed by atoms with Crippen LogP contribution in [0.2, 0.25) is 0 Å². The molecule has 112 valence electrons. The molecule has 0 radical (unpaired) electrons. The Morgan fingerprint density at radius 1 is 1.27 bits per heavy atom. The standard InChI is InChI=1S/C18H19N3O/c22-18(16-6-3-10-20-16)21-11-8-15-14(5-1-7-17(15)21)13-4-2-9-19-12-13/h1-2,4-5,7,9,12,16,20H,3,6,8,10-11H2. The normalized spacial score (nSPS) is 20.2. The van der Waals surface area contributed by atoms with Crippen LogP contribution in [0.4, 0.5) is 5.69 Å². The summed E-state index contributed by atoms with van der Waals surface area (Å²) in [5, 5.41) is 3.31. The Bertz CT molecular complexity index is 693. The number of carbonyl (C=O) groups is 1. The monoisotopic (exact) mass is 293 g/mol. The molecule has 0 bridgehead atoms. The minimum absolute atomic E-state index is 0.00648. The van der Waals surface area contributed by atoms with E-state index in [4.69, 9.17) is 0 Å². The zero-order chi connectivity index (χ0) is 14.9. The van der Waals surface area contributed by atoms with E-state index in [0.29, 0.717) is 0 Å². The van der Waals surface area contributed by atoms with Gasteiger partial charge in [0.15, 0.2) is 0 Å². The minimum atomic E-state index is -0.00648. The van der Waals surface area contributed by atoms with Crippen LogP contribution < -0.4 is 10.2 Å². The van der Waals surface area contributed by atoms with Gasteiger partial charge >= 0.3 is 0 Å². The van der Waals surface area contributed by atoms with Gasteiger partial charge in [0, 0.05) is 30.2 Å². The van der Waals surface area contributed by atoms with Gasteiger partial charge in [0.25, 0.3) is 0 Å². The number of anilines is 1. The van der Waals surface area contributed by atoms with E-state index in [1.54, 1.807) is 6.20 Å². The van der Waals surface area contributed by atoms with E-state index >= 15 is 0 Å². The predicted octanol–water partition coefficient (Wildman–Crippen LogP) is 2.39. The van der Waals surface area contributed by atoms with Crippen molar-refractivity contribution < 1.29 is 4.79 Å². The van der Waals surface area contributed by atoms with Crippen molar-refractivity contribution in [2.45, 2.75) is 25.3 Å². The highest BCUT2D eigenvalue weighted by atomic mass is 16.2. The van der Waals surface area contributed by atoms with Crippen molar-refractivity contribution in [3.63, 3.8) is 0 Å². The smallest absolute Gasteiger partial charge is 0.244 e. The molecule has 1 fully saturated rings. The van der Waals surface area contributed by atoms with E-state index in [1.165, 1.54) is 11.1 Å². The number of carbonyl (C=O) groups excluding carboxylic acids is 1. The van der Waals surface area contributed by atoms with E-state index in [0.717, 1.165) is 43.6 Å². The van der Waals surface area contributed by atoms with Crippen LogP contribution in [0, 0.1) is 0 Å². The summed E-state index contributed by atoms with van der Waals surface area (Å²) in [6, 6.07) is 10.2. The molecular formula is C18H19N3O. The molecule has 1 aromatic carbocycles. The molecule has 0 saturated carbocycles. The second kappa shape index (κ2) is 5.54. The van der Waals surface area contributed by atoms with Crippen molar-refractivity contribution in [1.29, 1.82) is 0 Å². The van der Waals surface area contributed by atoms with E-state index < -0.39 is 0 Å². The molecule has 1 atom stereocenters. The summed E-state index contributed by atoms with van der Waals surface area (Å²) < 4.78 is 0. The molecule has 2 aromatic rings. The van der Waals surface area contributed by atoms with Crippen LogP contribution in [0.25, 0.3) is 11.1 Å². The summed E-state index contributed by atoms with van der Waals surface area (Å²) in [6.07, 6.45) is 6.63. The van der Waals surface area contributed by atoms with Gasteiger partial charge in [-0.25, -0.2) is 0 Å². The number of aromatic nitrogens is 1. The van der Waals surface area contributed by atoms with E-state index in [1.807, 2.05) is 23.2 Å². The summed E-state index contributed by atoms with van der Waals surface area (Å²) in [4.78, 5) is 18.9. The number of rotatable bonds is 2. The second-order valence-electron chi connectivity index (χ2n) is 5.93. The maximum atomic E-state index is 12.7. The van der Waals surface area contributed by atoms with E-state index in [2.05, 4.69) is 28.5 Å². The molecule has 1 unspecified atom stereocenters. The Balaban J connectivity index is 1.70. The van der Waals surface area contributed by atoms with Crippen molar-refractivity contribution in [1.82, 2.24) is 10.3 Å². The first-order valence-electron chi connectivity index (χ1n) is 7.91. The van der Waals surface area contributed by atoms with Gasteiger partial charge in [-0.2, -0.15) is 0 Å². The van der Waals surface area contributed by atoms with Crippen LogP contribution >= 0.6 is 0 Å². The van der Waals surface area contributed by atoms with Crippen LogP contribution in [0.3, 0.4) is 0 Å². The fourth-order valence-electron chi connectivity index (χ4n) is 3.54. The van der Waals surface area contributed by atoms with Gasteiger partial charge < -0.3 is 10.2 Å². The third-order valence-corrected chi connectivity index (χ3v) is 4.62. The van der Waals surface area contributed by atoms with Crippen LogP contribution in [0.1, 0.15) is 18.4 Å². The zero-order valence-corrected chi connectivity index (χ0v) is 12.5. The Morgan fingerprint density at radius 3 is 3.00 bits per heavy atom. The molecule has 4 heteroatoms. The third-order valence-electron chi connectivity index (χ3n) is 4.62. The Kier molecular flexibility index (Phi) is 3.39. The lowest BCUT2D eigenvalue weighted by Crippen LogP contribution is -2.42. The first kappa shape index (κ1) is 13.5. The second-order valence-corrected chi connectivity index (χ2v) is 5.93. The van der Waals surface area contributed by atoms with E-state index in [-0.39, 0.29) is 11.9 Å². The zero-order valence-electron chi connectivity index (χ0n) is 12.5. The number of amides is 1. The number of hydrogen-bond acceptors (Lipinski definition) is 3. The lowest BCUT2D eigenvalue weighted by molar-refractivity contribution is -0.120. The number of nitrogens with one attached hydrogen (secondary N) is 1. The molecule has 1 N–H and O–H groups in total. The maximum absolute atomic E-state index is 12.7. The number of hydrogen-bond donors (Lipinski definition) is 1.